The molecular weight excluding hydrogens is 393 g/mol. The largest absolute Gasteiger partial charge is 0.461 e. The van der Waals surface area contributed by atoms with Crippen molar-refractivity contribution in [1.82, 2.24) is 4.57 Å². The molecule has 2 aromatic heterocycles. The van der Waals surface area contributed by atoms with Crippen LogP contribution in [-0.4, -0.2) is 10.3 Å². The lowest BCUT2D eigenvalue weighted by Gasteiger charge is -2.12. The normalized spacial score (nSPS) is 13.3. The van der Waals surface area contributed by atoms with Crippen LogP contribution in [0.3, 0.4) is 0 Å². The van der Waals surface area contributed by atoms with E-state index in [-0.39, 0.29) is 17.7 Å². The fourth-order valence-electron chi connectivity index (χ4n) is 3.45. The minimum absolute atomic E-state index is 0.193. The molecule has 1 aliphatic rings. The summed E-state index contributed by atoms with van der Waals surface area (Å²) in [6, 6.07) is 9.22. The smallest absolute Gasteiger partial charge is 0.164 e. The zero-order valence-electron chi connectivity index (χ0n) is 13.6. The first-order valence-corrected chi connectivity index (χ1v) is 8.85. The van der Waals surface area contributed by atoms with Crippen molar-refractivity contribution in [3.63, 3.8) is 0 Å². The van der Waals surface area contributed by atoms with Crippen LogP contribution in [0.25, 0.3) is 16.5 Å². The Labute approximate surface area is 162 Å². The van der Waals surface area contributed by atoms with Gasteiger partial charge < -0.3 is 8.98 Å². The van der Waals surface area contributed by atoms with E-state index in [1.165, 1.54) is 12.3 Å². The van der Waals surface area contributed by atoms with E-state index >= 15 is 0 Å². The summed E-state index contributed by atoms with van der Waals surface area (Å²) in [7, 11) is 0. The molecule has 0 saturated carbocycles. The molecule has 0 saturated heterocycles. The molecule has 0 radical (unpaired) electrons. The Morgan fingerprint density at radius 3 is 2.81 bits per heavy atom. The van der Waals surface area contributed by atoms with Crippen LogP contribution in [0.2, 0.25) is 10.0 Å². The Morgan fingerprint density at radius 2 is 1.96 bits per heavy atom. The van der Waals surface area contributed by atoms with Gasteiger partial charge in [0.05, 0.1) is 29.6 Å². The SMILES string of the molecule is Fc1cc(F)c2c(C3=NCc4c(Cl)cc(Cl)cc4-n4cccc43)occ2c1. The van der Waals surface area contributed by atoms with Gasteiger partial charge in [0.2, 0.25) is 0 Å². The van der Waals surface area contributed by atoms with Crippen molar-refractivity contribution in [3.8, 4) is 5.69 Å². The standard InChI is InChI=1S/C20H10Cl2F2N2O/c21-11-5-14(22)13-8-25-19(16-2-1-3-26(16)17(13)6-11)20-18-10(9-27-20)4-12(23)7-15(18)24/h1-7,9H,8H2. The lowest BCUT2D eigenvalue weighted by molar-refractivity contribution is 0.559. The molecular formula is C20H10Cl2F2N2O. The second-order valence-corrected chi connectivity index (χ2v) is 7.07. The van der Waals surface area contributed by atoms with E-state index in [1.54, 1.807) is 12.1 Å². The molecule has 0 spiro atoms. The fourth-order valence-corrected chi connectivity index (χ4v) is 4.00. The van der Waals surface area contributed by atoms with Crippen LogP contribution in [0.5, 0.6) is 0 Å². The molecule has 0 unspecified atom stereocenters. The van der Waals surface area contributed by atoms with Crippen molar-refractivity contribution in [2.24, 2.45) is 4.99 Å². The fraction of sp³-hybridized carbons (Fsp3) is 0.0500. The van der Waals surface area contributed by atoms with E-state index in [9.17, 15) is 8.78 Å². The number of hydrogen-bond acceptors (Lipinski definition) is 2. The molecule has 0 bridgehead atoms. The summed E-state index contributed by atoms with van der Waals surface area (Å²) >= 11 is 12.6. The average molecular weight is 403 g/mol. The second-order valence-electron chi connectivity index (χ2n) is 6.23. The highest BCUT2D eigenvalue weighted by Gasteiger charge is 2.25. The topological polar surface area (TPSA) is 30.4 Å². The predicted molar refractivity (Wildman–Crippen MR) is 101 cm³/mol. The van der Waals surface area contributed by atoms with Gasteiger partial charge in [-0.05, 0) is 30.3 Å². The van der Waals surface area contributed by atoms with Crippen LogP contribution < -0.4 is 0 Å². The minimum atomic E-state index is -0.697. The molecule has 5 rings (SSSR count). The van der Waals surface area contributed by atoms with Gasteiger partial charge in [0.25, 0.3) is 0 Å². The monoisotopic (exact) mass is 402 g/mol. The molecule has 0 fully saturated rings. The number of hydrogen-bond donors (Lipinski definition) is 0. The molecule has 0 N–H and O–H groups in total. The molecule has 3 nitrogen and oxygen atoms in total. The van der Waals surface area contributed by atoms with Gasteiger partial charge in [0.15, 0.2) is 5.76 Å². The van der Waals surface area contributed by atoms with Gasteiger partial charge in [0.1, 0.15) is 17.3 Å². The number of benzene rings is 2. The second kappa shape index (κ2) is 5.94. The first-order valence-electron chi connectivity index (χ1n) is 8.10. The molecule has 134 valence electrons. The maximum atomic E-state index is 14.5. The van der Waals surface area contributed by atoms with Crippen molar-refractivity contribution in [2.45, 2.75) is 6.54 Å². The Bertz CT molecular complexity index is 1260. The lowest BCUT2D eigenvalue weighted by atomic mass is 10.1. The van der Waals surface area contributed by atoms with E-state index in [0.717, 1.165) is 17.3 Å². The highest BCUT2D eigenvalue weighted by atomic mass is 35.5. The average Bonchev–Trinajstić information content (AvgIpc) is 3.21. The highest BCUT2D eigenvalue weighted by Crippen LogP contribution is 2.34. The number of nitrogens with zero attached hydrogens (tertiary/aromatic N) is 2. The first-order chi connectivity index (χ1) is 13.0. The van der Waals surface area contributed by atoms with Crippen molar-refractivity contribution in [1.29, 1.82) is 0 Å². The van der Waals surface area contributed by atoms with E-state index in [0.29, 0.717) is 26.8 Å². The van der Waals surface area contributed by atoms with Crippen LogP contribution >= 0.6 is 23.2 Å². The maximum Gasteiger partial charge on any atom is 0.164 e. The van der Waals surface area contributed by atoms with Crippen LogP contribution in [-0.2, 0) is 6.54 Å². The van der Waals surface area contributed by atoms with E-state index in [1.807, 2.05) is 22.9 Å². The third-order valence-corrected chi connectivity index (χ3v) is 5.17. The van der Waals surface area contributed by atoms with Crippen LogP contribution in [0.1, 0.15) is 17.0 Å². The predicted octanol–water partition coefficient (Wildman–Crippen LogP) is 6.16. The number of halogens is 4. The summed E-state index contributed by atoms with van der Waals surface area (Å²) in [6.07, 6.45) is 3.18. The molecule has 3 heterocycles. The van der Waals surface area contributed by atoms with Gasteiger partial charge in [-0.2, -0.15) is 0 Å². The molecule has 1 aliphatic heterocycles. The van der Waals surface area contributed by atoms with Gasteiger partial charge in [0, 0.05) is 33.3 Å². The number of furan rings is 1. The van der Waals surface area contributed by atoms with Crippen molar-refractivity contribution < 1.29 is 13.2 Å². The molecule has 0 amide bonds. The lowest BCUT2D eigenvalue weighted by Crippen LogP contribution is -2.08. The van der Waals surface area contributed by atoms with E-state index < -0.39 is 11.6 Å². The minimum Gasteiger partial charge on any atom is -0.461 e. The van der Waals surface area contributed by atoms with Crippen molar-refractivity contribution in [2.75, 3.05) is 0 Å². The Hall–Kier alpha value is -2.63. The molecule has 0 aliphatic carbocycles. The summed E-state index contributed by atoms with van der Waals surface area (Å²) in [5, 5.41) is 1.54. The third kappa shape index (κ3) is 2.50. The number of rotatable bonds is 1. The number of aliphatic imine (C=N–C) groups is 1. The van der Waals surface area contributed by atoms with Gasteiger partial charge in [-0.25, -0.2) is 8.78 Å². The van der Waals surface area contributed by atoms with Crippen LogP contribution in [0.15, 0.2) is 58.3 Å². The maximum absolute atomic E-state index is 14.5. The molecule has 7 heteroatoms. The zero-order valence-corrected chi connectivity index (χ0v) is 15.2. The van der Waals surface area contributed by atoms with Gasteiger partial charge in [-0.15, -0.1) is 0 Å². The van der Waals surface area contributed by atoms with Crippen molar-refractivity contribution >= 4 is 39.7 Å². The number of fused-ring (bicyclic) bond motifs is 4. The Morgan fingerprint density at radius 1 is 1.11 bits per heavy atom. The summed E-state index contributed by atoms with van der Waals surface area (Å²) in [5.74, 6) is -1.11. The first kappa shape index (κ1) is 16.5. The molecule has 0 atom stereocenters. The molecule has 27 heavy (non-hydrogen) atoms. The molecule has 4 aromatic rings. The van der Waals surface area contributed by atoms with E-state index in [4.69, 9.17) is 27.6 Å². The van der Waals surface area contributed by atoms with Gasteiger partial charge in [-0.1, -0.05) is 23.2 Å². The quantitative estimate of drug-likeness (QED) is 0.375. The van der Waals surface area contributed by atoms with Crippen LogP contribution in [0, 0.1) is 11.6 Å². The third-order valence-electron chi connectivity index (χ3n) is 4.61. The number of aromatic nitrogens is 1. The summed E-state index contributed by atoms with van der Waals surface area (Å²) in [5.41, 5.74) is 2.76. The van der Waals surface area contributed by atoms with Crippen molar-refractivity contribution in [3.05, 3.63) is 87.6 Å². The Kier molecular flexibility index (Phi) is 3.64. The Balaban J connectivity index is 1.79. The summed E-state index contributed by atoms with van der Waals surface area (Å²) < 4.78 is 35.5. The van der Waals surface area contributed by atoms with Crippen LogP contribution in [0.4, 0.5) is 8.78 Å². The summed E-state index contributed by atoms with van der Waals surface area (Å²) in [4.78, 5) is 4.64. The highest BCUT2D eigenvalue weighted by molar-refractivity contribution is 6.35. The van der Waals surface area contributed by atoms with Gasteiger partial charge >= 0.3 is 0 Å². The van der Waals surface area contributed by atoms with E-state index in [2.05, 4.69) is 4.99 Å². The molecule has 2 aromatic carbocycles. The zero-order chi connectivity index (χ0) is 18.7. The van der Waals surface area contributed by atoms with Gasteiger partial charge in [-0.3, -0.25) is 4.99 Å². The summed E-state index contributed by atoms with van der Waals surface area (Å²) in [6.45, 7) is 0.271.